The first-order valence-corrected chi connectivity index (χ1v) is 10.1. The fourth-order valence-corrected chi connectivity index (χ4v) is 4.33. The molecule has 8 heteroatoms. The molecule has 28 heavy (non-hydrogen) atoms. The van der Waals surface area contributed by atoms with E-state index in [1.807, 2.05) is 37.3 Å². The number of aromatic nitrogens is 1. The number of amidine groups is 1. The summed E-state index contributed by atoms with van der Waals surface area (Å²) < 4.78 is 1.66. The molecule has 0 unspecified atom stereocenters. The number of benzene rings is 2. The summed E-state index contributed by atoms with van der Waals surface area (Å²) in [6.45, 7) is 1.96. The van der Waals surface area contributed by atoms with Gasteiger partial charge in [-0.2, -0.15) is 0 Å². The van der Waals surface area contributed by atoms with Crippen molar-refractivity contribution in [2.24, 2.45) is 0 Å². The lowest BCUT2D eigenvalue weighted by molar-refractivity contribution is 0.616. The molecule has 0 aliphatic rings. The zero-order valence-corrected chi connectivity index (χ0v) is 18.0. The van der Waals surface area contributed by atoms with Crippen LogP contribution in [0.4, 0.5) is 10.7 Å². The molecule has 1 atom stereocenters. The molecular weight excluding hydrogens is 415 g/mol. The SMILES string of the molecule is C[C@@H](c1ccccc1)n1sc(Nc2c(Cl)cccc2Cl)c(C(=N)N(C)C)c1=O. The van der Waals surface area contributed by atoms with E-state index >= 15 is 0 Å². The van der Waals surface area contributed by atoms with Gasteiger partial charge < -0.3 is 10.2 Å². The maximum absolute atomic E-state index is 13.2. The van der Waals surface area contributed by atoms with E-state index in [4.69, 9.17) is 28.6 Å². The number of rotatable bonds is 5. The number of hydrogen-bond donors (Lipinski definition) is 2. The Bertz CT molecular complexity index is 1040. The second kappa shape index (κ2) is 8.39. The van der Waals surface area contributed by atoms with Crippen LogP contribution in [-0.2, 0) is 0 Å². The summed E-state index contributed by atoms with van der Waals surface area (Å²) >= 11 is 13.8. The van der Waals surface area contributed by atoms with Crippen LogP contribution < -0.4 is 10.9 Å². The van der Waals surface area contributed by atoms with Crippen LogP contribution in [0.3, 0.4) is 0 Å². The standard InChI is InChI=1S/C20H20Cl2N4OS/c1-12(13-8-5-4-6-9-13)26-20(27)16(18(23)25(2)3)19(28-26)24-17-14(21)10-7-11-15(17)22/h4-12,23-24H,1-3H3/t12-/m0/s1. The zero-order valence-electron chi connectivity index (χ0n) is 15.7. The van der Waals surface area contributed by atoms with Crippen molar-refractivity contribution in [3.63, 3.8) is 0 Å². The van der Waals surface area contributed by atoms with E-state index in [9.17, 15) is 4.79 Å². The van der Waals surface area contributed by atoms with E-state index in [0.717, 1.165) is 5.56 Å². The topological polar surface area (TPSA) is 61.1 Å². The quantitative estimate of drug-likeness (QED) is 0.414. The number of anilines is 2. The second-order valence-electron chi connectivity index (χ2n) is 6.48. The molecule has 3 rings (SSSR count). The van der Waals surface area contributed by atoms with Crippen molar-refractivity contribution in [1.29, 1.82) is 5.41 Å². The molecule has 0 aliphatic carbocycles. The number of nitrogens with one attached hydrogen (secondary N) is 2. The number of para-hydroxylation sites is 1. The van der Waals surface area contributed by atoms with Gasteiger partial charge in [-0.25, -0.2) is 0 Å². The Morgan fingerprint density at radius 3 is 2.29 bits per heavy atom. The third kappa shape index (κ3) is 3.94. The summed E-state index contributed by atoms with van der Waals surface area (Å²) in [5.74, 6) is 0.117. The van der Waals surface area contributed by atoms with E-state index in [2.05, 4.69) is 5.32 Å². The molecule has 2 N–H and O–H groups in total. The van der Waals surface area contributed by atoms with Gasteiger partial charge in [-0.05, 0) is 36.2 Å². The Morgan fingerprint density at radius 1 is 1.11 bits per heavy atom. The Hall–Kier alpha value is -2.28. The van der Waals surface area contributed by atoms with Gasteiger partial charge in [0.2, 0.25) is 0 Å². The summed E-state index contributed by atoms with van der Waals surface area (Å²) in [6.07, 6.45) is 0. The predicted octanol–water partition coefficient (Wildman–Crippen LogP) is 5.46. The Morgan fingerprint density at radius 2 is 1.71 bits per heavy atom. The molecule has 0 amide bonds. The molecule has 0 bridgehead atoms. The molecule has 0 fully saturated rings. The van der Waals surface area contributed by atoms with Crippen LogP contribution in [0.15, 0.2) is 53.3 Å². The summed E-state index contributed by atoms with van der Waals surface area (Å²) in [5.41, 5.74) is 1.58. The Kier molecular flexibility index (Phi) is 6.13. The fraction of sp³-hybridized carbons (Fsp3) is 0.200. The van der Waals surface area contributed by atoms with Crippen molar-refractivity contribution < 1.29 is 0 Å². The van der Waals surface area contributed by atoms with E-state index in [-0.39, 0.29) is 23.0 Å². The smallest absolute Gasteiger partial charge is 0.274 e. The number of halogens is 2. The molecule has 146 valence electrons. The minimum atomic E-state index is -0.231. The minimum Gasteiger partial charge on any atom is -0.362 e. The molecule has 0 aliphatic heterocycles. The average molecular weight is 435 g/mol. The first-order chi connectivity index (χ1) is 13.3. The van der Waals surface area contributed by atoms with Crippen LogP contribution >= 0.6 is 34.7 Å². The lowest BCUT2D eigenvalue weighted by Crippen LogP contribution is -2.30. The van der Waals surface area contributed by atoms with E-state index in [1.165, 1.54) is 11.5 Å². The van der Waals surface area contributed by atoms with Crippen LogP contribution in [0.5, 0.6) is 0 Å². The largest absolute Gasteiger partial charge is 0.362 e. The molecule has 5 nitrogen and oxygen atoms in total. The van der Waals surface area contributed by atoms with Crippen molar-refractivity contribution in [2.45, 2.75) is 13.0 Å². The van der Waals surface area contributed by atoms with Crippen molar-refractivity contribution in [3.05, 3.63) is 80.1 Å². The molecule has 0 spiro atoms. The molecule has 1 aromatic heterocycles. The third-order valence-corrected chi connectivity index (χ3v) is 6.15. The van der Waals surface area contributed by atoms with Crippen molar-refractivity contribution >= 4 is 51.3 Å². The Balaban J connectivity index is 2.13. The number of hydrogen-bond acceptors (Lipinski definition) is 4. The first kappa shape index (κ1) is 20.5. The van der Waals surface area contributed by atoms with Gasteiger partial charge in [-0.15, -0.1) is 0 Å². The van der Waals surface area contributed by atoms with Crippen LogP contribution in [0.1, 0.15) is 24.1 Å². The highest BCUT2D eigenvalue weighted by Crippen LogP contribution is 2.36. The molecule has 1 heterocycles. The van der Waals surface area contributed by atoms with Crippen LogP contribution in [0.25, 0.3) is 0 Å². The highest BCUT2D eigenvalue weighted by molar-refractivity contribution is 7.11. The van der Waals surface area contributed by atoms with Gasteiger partial charge in [0, 0.05) is 14.1 Å². The molecule has 3 aromatic rings. The van der Waals surface area contributed by atoms with Crippen LogP contribution in [0.2, 0.25) is 10.0 Å². The molecule has 0 saturated carbocycles. The van der Waals surface area contributed by atoms with Gasteiger partial charge >= 0.3 is 0 Å². The average Bonchev–Trinajstić information content (AvgIpc) is 3.00. The highest BCUT2D eigenvalue weighted by Gasteiger charge is 2.24. The van der Waals surface area contributed by atoms with E-state index < -0.39 is 0 Å². The maximum Gasteiger partial charge on any atom is 0.274 e. The molecule has 2 aromatic carbocycles. The highest BCUT2D eigenvalue weighted by atomic mass is 35.5. The summed E-state index contributed by atoms with van der Waals surface area (Å²) in [6, 6.07) is 14.8. The fourth-order valence-electron chi connectivity index (χ4n) is 2.76. The van der Waals surface area contributed by atoms with Gasteiger partial charge in [0.15, 0.2) is 0 Å². The predicted molar refractivity (Wildman–Crippen MR) is 119 cm³/mol. The lowest BCUT2D eigenvalue weighted by Gasteiger charge is -2.14. The zero-order chi connectivity index (χ0) is 20.4. The van der Waals surface area contributed by atoms with Crippen molar-refractivity contribution in [2.75, 3.05) is 19.4 Å². The third-order valence-electron chi connectivity index (χ3n) is 4.35. The monoisotopic (exact) mass is 434 g/mol. The van der Waals surface area contributed by atoms with Gasteiger partial charge in [0.1, 0.15) is 16.4 Å². The first-order valence-electron chi connectivity index (χ1n) is 8.59. The minimum absolute atomic E-state index is 0.117. The van der Waals surface area contributed by atoms with E-state index in [0.29, 0.717) is 20.7 Å². The molecule has 0 radical (unpaired) electrons. The van der Waals surface area contributed by atoms with Gasteiger partial charge in [0.25, 0.3) is 5.56 Å². The second-order valence-corrected chi connectivity index (χ2v) is 8.28. The summed E-state index contributed by atoms with van der Waals surface area (Å²) in [7, 11) is 3.47. The Labute approximate surface area is 177 Å². The molecular formula is C20H20Cl2N4OS. The van der Waals surface area contributed by atoms with Crippen molar-refractivity contribution in [1.82, 2.24) is 8.86 Å². The van der Waals surface area contributed by atoms with Crippen molar-refractivity contribution in [3.8, 4) is 0 Å². The maximum atomic E-state index is 13.2. The van der Waals surface area contributed by atoms with Gasteiger partial charge in [-0.1, -0.05) is 59.6 Å². The van der Waals surface area contributed by atoms with E-state index in [1.54, 1.807) is 41.2 Å². The summed E-state index contributed by atoms with van der Waals surface area (Å²) in [4.78, 5) is 14.8. The molecule has 0 saturated heterocycles. The number of nitrogens with zero attached hydrogens (tertiary/aromatic N) is 2. The lowest BCUT2D eigenvalue weighted by atomic mass is 10.1. The van der Waals surface area contributed by atoms with Crippen LogP contribution in [0, 0.1) is 5.41 Å². The van der Waals surface area contributed by atoms with Gasteiger partial charge in [0.05, 0.1) is 21.8 Å². The summed E-state index contributed by atoms with van der Waals surface area (Å²) in [5, 5.41) is 13.0. The van der Waals surface area contributed by atoms with Gasteiger partial charge in [-0.3, -0.25) is 14.2 Å². The van der Waals surface area contributed by atoms with Crippen LogP contribution in [-0.4, -0.2) is 28.8 Å². The normalized spacial score (nSPS) is 11.9.